The Hall–Kier alpha value is -3.03. The molecule has 0 N–H and O–H groups in total. The van der Waals surface area contributed by atoms with E-state index in [2.05, 4.69) is 11.0 Å². The normalized spacial score (nSPS) is 31.8. The Labute approximate surface area is 233 Å². The molecule has 7 rings (SSSR count). The number of carbonyl (C=O) groups excluding carboxylic acids is 2. The first-order chi connectivity index (χ1) is 19.0. The van der Waals surface area contributed by atoms with Crippen LogP contribution >= 0.6 is 11.6 Å². The number of halogens is 1. The molecule has 6 atom stereocenters. The number of methoxy groups -OCH3 is 2. The molecule has 2 amide bonds. The van der Waals surface area contributed by atoms with Gasteiger partial charge in [0.15, 0.2) is 11.5 Å². The van der Waals surface area contributed by atoms with Crippen molar-refractivity contribution in [1.29, 1.82) is 0 Å². The zero-order valence-corrected chi connectivity index (χ0v) is 23.0. The topological polar surface area (TPSA) is 68.3 Å². The van der Waals surface area contributed by atoms with E-state index in [-0.39, 0.29) is 41.8 Å². The van der Waals surface area contributed by atoms with E-state index in [0.29, 0.717) is 49.8 Å². The molecular formula is C31H33ClN2O5. The molecule has 5 aliphatic rings. The van der Waals surface area contributed by atoms with Gasteiger partial charge in [-0.15, -0.1) is 11.6 Å². The highest BCUT2D eigenvalue weighted by Gasteiger charge is 2.69. The van der Waals surface area contributed by atoms with Crippen molar-refractivity contribution < 1.29 is 23.8 Å². The predicted molar refractivity (Wildman–Crippen MR) is 148 cm³/mol. The number of amides is 2. The summed E-state index contributed by atoms with van der Waals surface area (Å²) in [6.07, 6.45) is 4.17. The van der Waals surface area contributed by atoms with Crippen LogP contribution in [0.15, 0.2) is 54.1 Å². The Morgan fingerprint density at radius 1 is 1.15 bits per heavy atom. The number of fused-ring (bicyclic) bond motifs is 5. The SMILES string of the molecule is COc1cc2c(cc1OC)[C@]1(CCCl)[C@@H]3C[C@H]4C(=CCO[C@@H]5CC(=O)N2[C@@H]1[C@@H]54)CN3C(=O)Cc1ccccc1. The molecule has 204 valence electrons. The number of carbonyl (C=O) groups is 2. The first-order valence-electron chi connectivity index (χ1n) is 13.8. The lowest BCUT2D eigenvalue weighted by molar-refractivity contribution is -0.145. The second-order valence-corrected chi connectivity index (χ2v) is 11.8. The van der Waals surface area contributed by atoms with Crippen LogP contribution < -0.4 is 14.4 Å². The zero-order valence-electron chi connectivity index (χ0n) is 22.3. The van der Waals surface area contributed by atoms with Gasteiger partial charge < -0.3 is 24.0 Å². The van der Waals surface area contributed by atoms with Crippen molar-refractivity contribution in [2.75, 3.05) is 38.2 Å². The Kier molecular flexibility index (Phi) is 5.94. The molecular weight excluding hydrogens is 516 g/mol. The summed E-state index contributed by atoms with van der Waals surface area (Å²) in [6, 6.07) is 13.6. The summed E-state index contributed by atoms with van der Waals surface area (Å²) in [5.41, 5.74) is 3.59. The minimum atomic E-state index is -0.544. The van der Waals surface area contributed by atoms with Crippen LogP contribution in [0.1, 0.15) is 30.4 Å². The number of likely N-dealkylation sites (tertiary alicyclic amines) is 1. The second kappa shape index (κ2) is 9.27. The minimum Gasteiger partial charge on any atom is -0.493 e. The van der Waals surface area contributed by atoms with Crippen LogP contribution in [0.4, 0.5) is 5.69 Å². The van der Waals surface area contributed by atoms with Crippen LogP contribution in [-0.2, 0) is 26.2 Å². The van der Waals surface area contributed by atoms with E-state index in [0.717, 1.165) is 23.2 Å². The van der Waals surface area contributed by atoms with Gasteiger partial charge in [0.05, 0.1) is 51.5 Å². The number of nitrogens with zero attached hydrogens (tertiary/aromatic N) is 2. The third-order valence-electron chi connectivity index (χ3n) is 9.93. The molecule has 0 spiro atoms. The maximum Gasteiger partial charge on any atom is 0.229 e. The monoisotopic (exact) mass is 548 g/mol. The van der Waals surface area contributed by atoms with E-state index in [1.165, 1.54) is 5.57 Å². The number of anilines is 1. The summed E-state index contributed by atoms with van der Waals surface area (Å²) in [5, 5.41) is 0. The zero-order chi connectivity index (χ0) is 26.9. The van der Waals surface area contributed by atoms with Gasteiger partial charge in [-0.2, -0.15) is 0 Å². The Morgan fingerprint density at radius 2 is 1.92 bits per heavy atom. The predicted octanol–water partition coefficient (Wildman–Crippen LogP) is 4.10. The van der Waals surface area contributed by atoms with Crippen LogP contribution in [0.25, 0.3) is 0 Å². The molecule has 4 aliphatic heterocycles. The molecule has 1 aliphatic carbocycles. The van der Waals surface area contributed by atoms with Crippen molar-refractivity contribution in [3.63, 3.8) is 0 Å². The molecule has 0 radical (unpaired) electrons. The van der Waals surface area contributed by atoms with Gasteiger partial charge >= 0.3 is 0 Å². The van der Waals surface area contributed by atoms with Crippen LogP contribution in [0, 0.1) is 11.8 Å². The highest BCUT2D eigenvalue weighted by atomic mass is 35.5. The average molecular weight is 549 g/mol. The molecule has 2 bridgehead atoms. The summed E-state index contributed by atoms with van der Waals surface area (Å²) in [4.78, 5) is 32.1. The standard InChI is InChI=1S/C31H33ClN2O5/c1-37-23-14-21-22(15-24(23)38-2)34-28(36)16-25-29-20-13-26(31(21,9-10-32)30(29)34)33(17-19(20)8-11-39-25)27(35)12-18-6-4-3-5-7-18/h3-8,14-15,20,25-26,29-30H,9-13,16-17H2,1-2H3/t20-,25+,26-,29+,30+,31+/m0/s1. The average Bonchev–Trinajstić information content (AvgIpc) is 3.10. The molecule has 7 nitrogen and oxygen atoms in total. The van der Waals surface area contributed by atoms with Gasteiger partial charge in [0.2, 0.25) is 11.8 Å². The van der Waals surface area contributed by atoms with Crippen LogP contribution in [0.2, 0.25) is 0 Å². The molecule has 0 aromatic heterocycles. The number of alkyl halides is 1. The van der Waals surface area contributed by atoms with Crippen molar-refractivity contribution >= 4 is 29.1 Å². The van der Waals surface area contributed by atoms with Crippen molar-refractivity contribution in [3.05, 3.63) is 65.2 Å². The Morgan fingerprint density at radius 3 is 2.67 bits per heavy atom. The van der Waals surface area contributed by atoms with E-state index in [9.17, 15) is 9.59 Å². The Balaban J connectivity index is 1.44. The Bertz CT molecular complexity index is 1360. The minimum absolute atomic E-state index is 0.0525. The molecule has 2 aromatic rings. The smallest absolute Gasteiger partial charge is 0.229 e. The fraction of sp³-hybridized carbons (Fsp3) is 0.484. The van der Waals surface area contributed by atoms with Crippen LogP contribution in [0.5, 0.6) is 11.5 Å². The maximum atomic E-state index is 14.1. The molecule has 4 heterocycles. The lowest BCUT2D eigenvalue weighted by atomic mass is 9.51. The molecule has 3 fully saturated rings. The molecule has 39 heavy (non-hydrogen) atoms. The third kappa shape index (κ3) is 3.45. The van der Waals surface area contributed by atoms with Gasteiger partial charge in [-0.25, -0.2) is 0 Å². The molecule has 1 saturated carbocycles. The summed E-state index contributed by atoms with van der Waals surface area (Å²) in [6.45, 7) is 1.05. The number of rotatable bonds is 6. The second-order valence-electron chi connectivity index (χ2n) is 11.4. The van der Waals surface area contributed by atoms with Crippen molar-refractivity contribution in [2.45, 2.75) is 49.3 Å². The van der Waals surface area contributed by atoms with Gasteiger partial charge in [-0.3, -0.25) is 9.59 Å². The number of benzene rings is 2. The van der Waals surface area contributed by atoms with Gasteiger partial charge in [0.1, 0.15) is 0 Å². The number of piperidine rings is 2. The van der Waals surface area contributed by atoms with E-state index in [1.54, 1.807) is 14.2 Å². The van der Waals surface area contributed by atoms with Gasteiger partial charge in [0.25, 0.3) is 0 Å². The van der Waals surface area contributed by atoms with E-state index in [1.807, 2.05) is 47.4 Å². The van der Waals surface area contributed by atoms with Crippen LogP contribution in [0.3, 0.4) is 0 Å². The van der Waals surface area contributed by atoms with Gasteiger partial charge in [0, 0.05) is 35.9 Å². The fourth-order valence-corrected chi connectivity index (χ4v) is 8.80. The summed E-state index contributed by atoms with van der Waals surface area (Å²) < 4.78 is 17.8. The third-order valence-corrected chi connectivity index (χ3v) is 10.1. The fourth-order valence-electron chi connectivity index (χ4n) is 8.49. The molecule has 2 aromatic carbocycles. The lowest BCUT2D eigenvalue weighted by Crippen LogP contribution is -2.72. The van der Waals surface area contributed by atoms with E-state index >= 15 is 0 Å². The lowest BCUT2D eigenvalue weighted by Gasteiger charge is -2.62. The first-order valence-corrected chi connectivity index (χ1v) is 14.3. The van der Waals surface area contributed by atoms with Crippen molar-refractivity contribution in [1.82, 2.24) is 4.90 Å². The molecule has 8 heteroatoms. The van der Waals surface area contributed by atoms with Gasteiger partial charge in [-0.1, -0.05) is 36.4 Å². The summed E-state index contributed by atoms with van der Waals surface area (Å²) in [5.74, 6) is 2.15. The summed E-state index contributed by atoms with van der Waals surface area (Å²) >= 11 is 6.63. The van der Waals surface area contributed by atoms with Crippen molar-refractivity contribution in [3.8, 4) is 11.5 Å². The van der Waals surface area contributed by atoms with Gasteiger partial charge in [-0.05, 0) is 41.5 Å². The summed E-state index contributed by atoms with van der Waals surface area (Å²) in [7, 11) is 3.24. The van der Waals surface area contributed by atoms with Crippen LogP contribution in [-0.4, -0.2) is 68.2 Å². The van der Waals surface area contributed by atoms with E-state index in [4.69, 9.17) is 25.8 Å². The number of hydrogen-bond acceptors (Lipinski definition) is 5. The quantitative estimate of drug-likeness (QED) is 0.401. The highest BCUT2D eigenvalue weighted by Crippen LogP contribution is 2.64. The first kappa shape index (κ1) is 25.0. The van der Waals surface area contributed by atoms with Crippen molar-refractivity contribution in [2.24, 2.45) is 11.8 Å². The largest absolute Gasteiger partial charge is 0.493 e. The van der Waals surface area contributed by atoms with E-state index < -0.39 is 5.41 Å². The molecule has 0 unspecified atom stereocenters. The number of hydrogen-bond donors (Lipinski definition) is 0. The highest BCUT2D eigenvalue weighted by molar-refractivity contribution is 6.18. The molecule has 2 saturated heterocycles. The maximum absolute atomic E-state index is 14.1. The number of ether oxygens (including phenoxy) is 3.